The van der Waals surface area contributed by atoms with Crippen molar-refractivity contribution in [2.45, 2.75) is 43.3 Å². The first-order valence-electron chi connectivity index (χ1n) is 5.81. The molecule has 0 fully saturated rings. The Kier molecular flexibility index (Phi) is 9.11. The van der Waals surface area contributed by atoms with E-state index in [1.807, 2.05) is 0 Å². The van der Waals surface area contributed by atoms with Crippen molar-refractivity contribution in [1.29, 1.82) is 0 Å². The minimum atomic E-state index is -1.55. The molecule has 0 radical (unpaired) electrons. The van der Waals surface area contributed by atoms with E-state index in [-0.39, 0.29) is 0 Å². The molecule has 0 aliphatic heterocycles. The lowest BCUT2D eigenvalue weighted by atomic mass is 10.0. The summed E-state index contributed by atoms with van der Waals surface area (Å²) < 4.78 is 3.54. The van der Waals surface area contributed by atoms with E-state index in [0.717, 1.165) is 31.8 Å². The molecule has 1 unspecified atom stereocenters. The van der Waals surface area contributed by atoms with E-state index in [1.165, 1.54) is 6.08 Å². The second-order valence-corrected chi connectivity index (χ2v) is 6.29. The molecule has 0 aromatic carbocycles. The molecule has 0 N–H and O–H groups in total. The maximum atomic E-state index is 11.3. The predicted octanol–water partition coefficient (Wildman–Crippen LogP) is 4.67. The van der Waals surface area contributed by atoms with Crippen LogP contribution in [0.5, 0.6) is 0 Å². The summed E-state index contributed by atoms with van der Waals surface area (Å²) in [7, 11) is 0. The van der Waals surface area contributed by atoms with E-state index in [1.54, 1.807) is 0 Å². The SMILES string of the molecule is CCCCC(CC)COC(=O)/C=C/C(Cl)(Cl)Cl. The average molecular weight is 302 g/mol. The summed E-state index contributed by atoms with van der Waals surface area (Å²) in [6, 6.07) is 0. The van der Waals surface area contributed by atoms with Crippen molar-refractivity contribution < 1.29 is 9.53 Å². The summed E-state index contributed by atoms with van der Waals surface area (Å²) in [5, 5.41) is 0. The van der Waals surface area contributed by atoms with Crippen LogP contribution in [-0.2, 0) is 9.53 Å². The highest BCUT2D eigenvalue weighted by molar-refractivity contribution is 6.69. The maximum Gasteiger partial charge on any atom is 0.330 e. The fraction of sp³-hybridized carbons (Fsp3) is 0.750. The van der Waals surface area contributed by atoms with Crippen LogP contribution >= 0.6 is 34.8 Å². The van der Waals surface area contributed by atoms with Gasteiger partial charge in [-0.05, 0) is 18.4 Å². The van der Waals surface area contributed by atoms with Crippen molar-refractivity contribution in [3.05, 3.63) is 12.2 Å². The van der Waals surface area contributed by atoms with E-state index >= 15 is 0 Å². The van der Waals surface area contributed by atoms with Crippen molar-refractivity contribution in [1.82, 2.24) is 0 Å². The van der Waals surface area contributed by atoms with Gasteiger partial charge in [0.05, 0.1) is 6.61 Å². The molecule has 2 nitrogen and oxygen atoms in total. The molecular weight excluding hydrogens is 282 g/mol. The number of allylic oxidation sites excluding steroid dienone is 1. The lowest BCUT2D eigenvalue weighted by Gasteiger charge is -2.13. The van der Waals surface area contributed by atoms with Crippen molar-refractivity contribution in [3.8, 4) is 0 Å². The normalized spacial score (nSPS) is 13.9. The molecule has 0 saturated heterocycles. The molecule has 100 valence electrons. The van der Waals surface area contributed by atoms with Crippen LogP contribution in [0.1, 0.15) is 39.5 Å². The number of alkyl halides is 3. The summed E-state index contributed by atoms with van der Waals surface area (Å²) >= 11 is 16.4. The summed E-state index contributed by atoms with van der Waals surface area (Å²) in [6.45, 7) is 4.66. The number of halogens is 3. The van der Waals surface area contributed by atoms with E-state index in [9.17, 15) is 4.79 Å². The van der Waals surface area contributed by atoms with Crippen LogP contribution in [0.3, 0.4) is 0 Å². The zero-order valence-electron chi connectivity index (χ0n) is 10.2. The van der Waals surface area contributed by atoms with Crippen molar-refractivity contribution in [2.24, 2.45) is 5.92 Å². The van der Waals surface area contributed by atoms with Crippen molar-refractivity contribution in [3.63, 3.8) is 0 Å². The Morgan fingerprint density at radius 2 is 2.00 bits per heavy atom. The number of rotatable bonds is 7. The third-order valence-corrected chi connectivity index (χ3v) is 2.79. The Morgan fingerprint density at radius 1 is 1.35 bits per heavy atom. The number of unbranched alkanes of at least 4 members (excludes halogenated alkanes) is 1. The molecule has 0 aromatic rings. The molecule has 0 rings (SSSR count). The predicted molar refractivity (Wildman–Crippen MR) is 73.7 cm³/mol. The number of carbonyl (C=O) groups is 1. The lowest BCUT2D eigenvalue weighted by molar-refractivity contribution is -0.139. The topological polar surface area (TPSA) is 26.3 Å². The van der Waals surface area contributed by atoms with Crippen LogP contribution in [0.15, 0.2) is 12.2 Å². The van der Waals surface area contributed by atoms with Crippen LogP contribution < -0.4 is 0 Å². The molecular formula is C12H19Cl3O2. The summed E-state index contributed by atoms with van der Waals surface area (Å²) in [5.74, 6) is -0.0497. The average Bonchev–Trinajstić information content (AvgIpc) is 2.25. The van der Waals surface area contributed by atoms with Gasteiger partial charge in [0.15, 0.2) is 0 Å². The highest BCUT2D eigenvalue weighted by Crippen LogP contribution is 2.27. The van der Waals surface area contributed by atoms with Crippen LogP contribution in [0.25, 0.3) is 0 Å². The number of hydrogen-bond donors (Lipinski definition) is 0. The van der Waals surface area contributed by atoms with Gasteiger partial charge in [0.2, 0.25) is 3.79 Å². The smallest absolute Gasteiger partial charge is 0.330 e. The Bertz CT molecular complexity index is 247. The van der Waals surface area contributed by atoms with Crippen molar-refractivity contribution >= 4 is 40.8 Å². The van der Waals surface area contributed by atoms with Crippen LogP contribution in [0.2, 0.25) is 0 Å². The molecule has 0 heterocycles. The monoisotopic (exact) mass is 300 g/mol. The van der Waals surface area contributed by atoms with Crippen LogP contribution in [0, 0.1) is 5.92 Å². The number of esters is 1. The molecule has 0 bridgehead atoms. The first-order valence-corrected chi connectivity index (χ1v) is 6.95. The van der Waals surface area contributed by atoms with Gasteiger partial charge in [0, 0.05) is 6.08 Å². The highest BCUT2D eigenvalue weighted by Gasteiger charge is 2.15. The number of carbonyl (C=O) groups excluding carboxylic acids is 1. The minimum Gasteiger partial charge on any atom is -0.462 e. The van der Waals surface area contributed by atoms with Gasteiger partial charge < -0.3 is 4.74 Å². The Balaban J connectivity index is 3.92. The second kappa shape index (κ2) is 9.07. The fourth-order valence-electron chi connectivity index (χ4n) is 1.31. The van der Waals surface area contributed by atoms with Gasteiger partial charge in [-0.1, -0.05) is 67.9 Å². The fourth-order valence-corrected chi connectivity index (χ4v) is 1.50. The Morgan fingerprint density at radius 3 is 2.47 bits per heavy atom. The number of ether oxygens (including phenoxy) is 1. The van der Waals surface area contributed by atoms with E-state index in [0.29, 0.717) is 12.5 Å². The first-order chi connectivity index (χ1) is 7.89. The zero-order chi connectivity index (χ0) is 13.3. The molecule has 1 atom stereocenters. The molecule has 0 amide bonds. The van der Waals surface area contributed by atoms with Gasteiger partial charge in [-0.15, -0.1) is 0 Å². The standard InChI is InChI=1S/C12H19Cl3O2/c1-3-5-6-10(4-2)9-17-11(16)7-8-12(13,14)15/h7-8,10H,3-6,9H2,1-2H3/b8-7+. The van der Waals surface area contributed by atoms with Gasteiger partial charge in [0.25, 0.3) is 0 Å². The third-order valence-electron chi connectivity index (χ3n) is 2.41. The first kappa shape index (κ1) is 17.1. The maximum absolute atomic E-state index is 11.3. The van der Waals surface area contributed by atoms with Gasteiger partial charge in [-0.2, -0.15) is 0 Å². The molecule has 5 heteroatoms. The number of hydrogen-bond acceptors (Lipinski definition) is 2. The molecule has 0 aliphatic carbocycles. The summed E-state index contributed by atoms with van der Waals surface area (Å²) in [5.41, 5.74) is 0. The minimum absolute atomic E-state index is 0.417. The summed E-state index contributed by atoms with van der Waals surface area (Å²) in [4.78, 5) is 11.3. The highest BCUT2D eigenvalue weighted by atomic mass is 35.6. The molecule has 0 saturated carbocycles. The summed E-state index contributed by atoms with van der Waals surface area (Å²) in [6.07, 6.45) is 6.72. The van der Waals surface area contributed by atoms with Crippen LogP contribution in [-0.4, -0.2) is 16.4 Å². The van der Waals surface area contributed by atoms with E-state index in [2.05, 4.69) is 13.8 Å². The molecule has 17 heavy (non-hydrogen) atoms. The van der Waals surface area contributed by atoms with Gasteiger partial charge >= 0.3 is 5.97 Å². The molecule has 0 aliphatic rings. The van der Waals surface area contributed by atoms with Gasteiger partial charge in [0.1, 0.15) is 0 Å². The largest absolute Gasteiger partial charge is 0.462 e. The van der Waals surface area contributed by atoms with Crippen LogP contribution in [0.4, 0.5) is 0 Å². The van der Waals surface area contributed by atoms with Gasteiger partial charge in [-0.25, -0.2) is 4.79 Å². The van der Waals surface area contributed by atoms with E-state index < -0.39 is 9.76 Å². The van der Waals surface area contributed by atoms with Crippen molar-refractivity contribution in [2.75, 3.05) is 6.61 Å². The molecule has 0 aromatic heterocycles. The zero-order valence-corrected chi connectivity index (χ0v) is 12.5. The Hall–Kier alpha value is 0.0800. The van der Waals surface area contributed by atoms with Gasteiger partial charge in [-0.3, -0.25) is 0 Å². The molecule has 0 spiro atoms. The second-order valence-electron chi connectivity index (χ2n) is 3.92. The van der Waals surface area contributed by atoms with E-state index in [4.69, 9.17) is 39.5 Å². The quantitative estimate of drug-likeness (QED) is 0.388. The lowest BCUT2D eigenvalue weighted by Crippen LogP contribution is -2.12. The Labute approximate surface area is 118 Å². The third kappa shape index (κ3) is 10.9.